The number of aliphatic hydroxyl groups is 1. The van der Waals surface area contributed by atoms with E-state index in [2.05, 4.69) is 39.3 Å². The average Bonchev–Trinajstić information content (AvgIpc) is 3.63. The summed E-state index contributed by atoms with van der Waals surface area (Å²) >= 11 is 3.70. The minimum Gasteiger partial charge on any atom is -0.460 e. The number of likely N-dealkylation sites (tertiary alicyclic amines) is 1. The van der Waals surface area contributed by atoms with Crippen molar-refractivity contribution in [3.05, 3.63) is 25.3 Å². The minimum atomic E-state index is -1.28. The molecule has 0 radical (unpaired) electrons. The number of halogens is 1. The summed E-state index contributed by atoms with van der Waals surface area (Å²) in [6.07, 6.45) is 3.66. The lowest BCUT2D eigenvalue weighted by molar-refractivity contribution is -0.160. The lowest BCUT2D eigenvalue weighted by atomic mass is 9.70. The van der Waals surface area contributed by atoms with Crippen LogP contribution in [0.4, 0.5) is 0 Å². The van der Waals surface area contributed by atoms with Crippen LogP contribution in [0.25, 0.3) is 0 Å². The van der Waals surface area contributed by atoms with Gasteiger partial charge in [-0.3, -0.25) is 24.1 Å². The smallest absolute Gasteiger partial charge is 0.312 e. The van der Waals surface area contributed by atoms with Crippen LogP contribution in [0, 0.1) is 17.8 Å². The van der Waals surface area contributed by atoms with Crippen molar-refractivity contribution in [3.63, 3.8) is 0 Å². The van der Waals surface area contributed by atoms with Crippen molar-refractivity contribution in [3.8, 4) is 0 Å². The number of nitrogens with zero attached hydrogens (tertiary/aromatic N) is 3. The summed E-state index contributed by atoms with van der Waals surface area (Å²) < 4.78 is 17.9. The van der Waals surface area contributed by atoms with Gasteiger partial charge < -0.3 is 34.4 Å². The van der Waals surface area contributed by atoms with E-state index in [9.17, 15) is 24.3 Å². The number of fused-ring (bicyclic) bond motifs is 1. The molecule has 258 valence electrons. The fourth-order valence-electron chi connectivity index (χ4n) is 7.43. The summed E-state index contributed by atoms with van der Waals surface area (Å²) in [6.45, 7) is 17.1. The maximum Gasteiger partial charge on any atom is 0.312 e. The lowest BCUT2D eigenvalue weighted by Crippen LogP contribution is -2.59. The first kappa shape index (κ1) is 36.5. The molecule has 0 aromatic heterocycles. The lowest BCUT2D eigenvalue weighted by Gasteiger charge is -2.40. The van der Waals surface area contributed by atoms with Crippen molar-refractivity contribution in [2.75, 3.05) is 59.1 Å². The molecule has 13 heteroatoms. The van der Waals surface area contributed by atoms with Gasteiger partial charge in [-0.15, -0.1) is 13.2 Å². The monoisotopic (exact) mass is 710 g/mol. The molecule has 4 aliphatic rings. The molecule has 4 saturated heterocycles. The van der Waals surface area contributed by atoms with Crippen molar-refractivity contribution >= 4 is 39.6 Å². The molecule has 0 aromatic carbocycles. The van der Waals surface area contributed by atoms with Crippen LogP contribution in [0.3, 0.4) is 0 Å². The number of carbonyl (C=O) groups is 4. The normalized spacial score (nSPS) is 30.2. The van der Waals surface area contributed by atoms with E-state index >= 15 is 0 Å². The first-order valence-electron chi connectivity index (χ1n) is 16.5. The summed E-state index contributed by atoms with van der Waals surface area (Å²) in [4.78, 5) is 60.3. The van der Waals surface area contributed by atoms with E-state index in [0.717, 1.165) is 13.1 Å². The van der Waals surface area contributed by atoms with Crippen LogP contribution >= 0.6 is 15.9 Å². The standard InChI is InChI=1S/C33H51BrN4O8/c1-6-8-9-25(40)35-19-22(5)45-32(43)26-27-30(41)38(23(20-39)17-21(3)4)29(33(27)18-24(34)28(26)46-33)31(42)37(10-7-2)12-11-36-13-15-44-16-14-36/h6-7,21-24,26-29,39H,1-2,8-20H2,3-5H3,(H,35,40)/t22-,23+,24?,26+,27-,28+,29+,33-/m0/s1. The third-order valence-electron chi connectivity index (χ3n) is 9.51. The molecule has 46 heavy (non-hydrogen) atoms. The highest BCUT2D eigenvalue weighted by Gasteiger charge is 2.77. The molecule has 4 rings (SSSR count). The Kier molecular flexibility index (Phi) is 12.8. The minimum absolute atomic E-state index is 0.120. The summed E-state index contributed by atoms with van der Waals surface area (Å²) in [5.74, 6) is -3.21. The first-order chi connectivity index (χ1) is 22.0. The van der Waals surface area contributed by atoms with Gasteiger partial charge >= 0.3 is 5.97 Å². The van der Waals surface area contributed by atoms with Crippen LogP contribution < -0.4 is 5.32 Å². The van der Waals surface area contributed by atoms with Crippen molar-refractivity contribution in [1.82, 2.24) is 20.0 Å². The number of carbonyl (C=O) groups excluding carboxylic acids is 4. The molecule has 4 aliphatic heterocycles. The third-order valence-corrected chi connectivity index (χ3v) is 10.4. The summed E-state index contributed by atoms with van der Waals surface area (Å²) in [5, 5.41) is 13.3. The highest BCUT2D eigenvalue weighted by Crippen LogP contribution is 2.61. The number of allylic oxidation sites excluding steroid dienone is 1. The number of amides is 3. The van der Waals surface area contributed by atoms with Crippen molar-refractivity contribution < 1.29 is 38.5 Å². The van der Waals surface area contributed by atoms with Crippen LogP contribution in [-0.2, 0) is 33.4 Å². The Morgan fingerprint density at radius 2 is 1.93 bits per heavy atom. The number of nitrogens with one attached hydrogen (secondary N) is 1. The summed E-state index contributed by atoms with van der Waals surface area (Å²) in [6, 6.07) is -1.67. The molecule has 1 spiro atoms. The molecule has 1 unspecified atom stereocenters. The Morgan fingerprint density at radius 3 is 2.57 bits per heavy atom. The van der Waals surface area contributed by atoms with Crippen LogP contribution in [0.15, 0.2) is 25.3 Å². The largest absolute Gasteiger partial charge is 0.460 e. The van der Waals surface area contributed by atoms with Gasteiger partial charge in [-0.2, -0.15) is 0 Å². The van der Waals surface area contributed by atoms with Crippen molar-refractivity contribution in [2.24, 2.45) is 17.8 Å². The second-order valence-corrected chi connectivity index (χ2v) is 14.5. The van der Waals surface area contributed by atoms with Gasteiger partial charge in [0.15, 0.2) is 0 Å². The van der Waals surface area contributed by atoms with E-state index in [0.29, 0.717) is 45.6 Å². The van der Waals surface area contributed by atoms with E-state index in [4.69, 9.17) is 14.2 Å². The zero-order valence-electron chi connectivity index (χ0n) is 27.4. The number of hydrogen-bond donors (Lipinski definition) is 2. The van der Waals surface area contributed by atoms with Crippen LogP contribution in [0.1, 0.15) is 46.5 Å². The Balaban J connectivity index is 1.62. The van der Waals surface area contributed by atoms with Crippen LogP contribution in [0.5, 0.6) is 0 Å². The van der Waals surface area contributed by atoms with E-state index < -0.39 is 47.7 Å². The Bertz CT molecular complexity index is 1130. The number of hydrogen-bond acceptors (Lipinski definition) is 9. The zero-order valence-corrected chi connectivity index (χ0v) is 29.0. The first-order valence-corrected chi connectivity index (χ1v) is 17.4. The van der Waals surface area contributed by atoms with Gasteiger partial charge in [-0.1, -0.05) is 41.9 Å². The number of morpholine rings is 1. The van der Waals surface area contributed by atoms with Gasteiger partial charge in [0, 0.05) is 44.0 Å². The average molecular weight is 712 g/mol. The van der Waals surface area contributed by atoms with E-state index in [1.54, 1.807) is 24.0 Å². The Hall–Kier alpha value is -2.32. The van der Waals surface area contributed by atoms with Gasteiger partial charge in [0.25, 0.3) is 0 Å². The predicted molar refractivity (Wildman–Crippen MR) is 175 cm³/mol. The van der Waals surface area contributed by atoms with E-state index in [-0.39, 0.29) is 54.6 Å². The molecule has 3 amide bonds. The Labute approximate surface area is 280 Å². The highest BCUT2D eigenvalue weighted by atomic mass is 79.9. The molecule has 12 nitrogen and oxygen atoms in total. The van der Waals surface area contributed by atoms with Gasteiger partial charge in [0.2, 0.25) is 17.7 Å². The van der Waals surface area contributed by atoms with Gasteiger partial charge in [0.05, 0.1) is 50.3 Å². The molecule has 2 N–H and O–H groups in total. The number of esters is 1. The molecule has 4 heterocycles. The number of rotatable bonds is 17. The predicted octanol–water partition coefficient (Wildman–Crippen LogP) is 1.50. The fraction of sp³-hybridized carbons (Fsp3) is 0.758. The number of ether oxygens (including phenoxy) is 3. The zero-order chi connectivity index (χ0) is 33.6. The highest BCUT2D eigenvalue weighted by molar-refractivity contribution is 9.09. The van der Waals surface area contributed by atoms with Crippen LogP contribution in [0.2, 0.25) is 0 Å². The molecule has 0 aliphatic carbocycles. The Morgan fingerprint density at radius 1 is 1.22 bits per heavy atom. The SMILES string of the molecule is C=CCCC(=O)NC[C@H](C)OC(=O)[C@H]1[C@@H]2O[C@@]3(CC2Br)[C@@H]1C(=O)N([C@@H](CO)CC(C)C)[C@@H]3C(=O)N(CC=C)CCN1CCOCC1. The molecular formula is C33H51BrN4O8. The topological polar surface area (TPSA) is 138 Å². The molecule has 0 aromatic rings. The number of alkyl halides is 1. The quantitative estimate of drug-likeness (QED) is 0.131. The van der Waals surface area contributed by atoms with E-state index in [1.165, 1.54) is 4.90 Å². The van der Waals surface area contributed by atoms with Gasteiger partial charge in [-0.25, -0.2) is 0 Å². The van der Waals surface area contributed by atoms with Crippen LogP contribution in [-0.4, -0.2) is 137 Å². The maximum absolute atomic E-state index is 14.7. The van der Waals surface area contributed by atoms with Crippen molar-refractivity contribution in [2.45, 2.75) is 81.2 Å². The maximum atomic E-state index is 14.7. The second-order valence-electron chi connectivity index (χ2n) is 13.3. The third kappa shape index (κ3) is 7.69. The van der Waals surface area contributed by atoms with Crippen molar-refractivity contribution in [1.29, 1.82) is 0 Å². The van der Waals surface area contributed by atoms with Gasteiger partial charge in [-0.05, 0) is 32.1 Å². The summed E-state index contributed by atoms with van der Waals surface area (Å²) in [7, 11) is 0. The molecule has 8 atom stereocenters. The van der Waals surface area contributed by atoms with Gasteiger partial charge in [0.1, 0.15) is 17.7 Å². The summed E-state index contributed by atoms with van der Waals surface area (Å²) in [5.41, 5.74) is -1.28. The number of aliphatic hydroxyl groups excluding tert-OH is 1. The molecule has 0 saturated carbocycles. The molecular weight excluding hydrogens is 660 g/mol. The molecule has 4 fully saturated rings. The fourth-order valence-corrected chi connectivity index (χ4v) is 8.38. The van der Waals surface area contributed by atoms with E-state index in [1.807, 2.05) is 13.8 Å². The second kappa shape index (κ2) is 16.2. The molecule has 2 bridgehead atoms.